The Morgan fingerprint density at radius 2 is 2.09 bits per heavy atom. The van der Waals surface area contributed by atoms with Gasteiger partial charge in [-0.3, -0.25) is 4.79 Å². The van der Waals surface area contributed by atoms with Crippen LogP contribution in [0.3, 0.4) is 0 Å². The van der Waals surface area contributed by atoms with E-state index < -0.39 is 0 Å². The minimum absolute atomic E-state index is 0. The minimum atomic E-state index is 0. The molecule has 0 bridgehead atoms. The van der Waals surface area contributed by atoms with E-state index in [9.17, 15) is 4.79 Å². The summed E-state index contributed by atoms with van der Waals surface area (Å²) in [5.41, 5.74) is 8.00. The highest BCUT2D eigenvalue weighted by Gasteiger charge is 2.31. The van der Waals surface area contributed by atoms with Gasteiger partial charge in [-0.25, -0.2) is 4.68 Å². The van der Waals surface area contributed by atoms with Crippen LogP contribution in [0.25, 0.3) is 0 Å². The van der Waals surface area contributed by atoms with Crippen LogP contribution >= 0.6 is 12.4 Å². The van der Waals surface area contributed by atoms with Gasteiger partial charge in [0.1, 0.15) is 6.54 Å². The van der Waals surface area contributed by atoms with Gasteiger partial charge in [0.05, 0.1) is 11.4 Å². The van der Waals surface area contributed by atoms with E-state index in [4.69, 9.17) is 5.73 Å². The van der Waals surface area contributed by atoms with Gasteiger partial charge in [0.15, 0.2) is 0 Å². The molecule has 0 aromatic carbocycles. The molecular weight excluding hydrogens is 314 g/mol. The van der Waals surface area contributed by atoms with Crippen molar-refractivity contribution in [3.63, 3.8) is 0 Å². The molecule has 1 fully saturated rings. The lowest BCUT2D eigenvalue weighted by Crippen LogP contribution is -2.49. The zero-order chi connectivity index (χ0) is 15.5. The van der Waals surface area contributed by atoms with Crippen molar-refractivity contribution >= 4 is 18.3 Å². The maximum atomic E-state index is 12.8. The quantitative estimate of drug-likeness (QED) is 0.901. The second-order valence-electron chi connectivity index (χ2n) is 6.70. The average molecular weight is 342 g/mol. The highest BCUT2D eigenvalue weighted by Crippen LogP contribution is 2.26. The Kier molecular flexibility index (Phi) is 6.41. The van der Waals surface area contributed by atoms with Crippen molar-refractivity contribution in [2.24, 2.45) is 11.7 Å². The van der Waals surface area contributed by atoms with E-state index in [0.29, 0.717) is 19.0 Å². The van der Waals surface area contributed by atoms with E-state index in [0.717, 1.165) is 37.9 Å². The largest absolute Gasteiger partial charge is 0.338 e. The third-order valence-electron chi connectivity index (χ3n) is 5.18. The van der Waals surface area contributed by atoms with Crippen LogP contribution in [-0.4, -0.2) is 44.9 Å². The predicted octanol–water partition coefficient (Wildman–Crippen LogP) is 1.55. The summed E-state index contributed by atoms with van der Waals surface area (Å²) in [4.78, 5) is 14.8. The Bertz CT molecular complexity index is 533. The topological polar surface area (TPSA) is 77.0 Å². The van der Waals surface area contributed by atoms with Crippen LogP contribution in [-0.2, 0) is 24.2 Å². The summed E-state index contributed by atoms with van der Waals surface area (Å²) >= 11 is 0. The Balaban J connectivity index is 0.00000192. The molecule has 130 valence electrons. The molecule has 0 saturated carbocycles. The Labute approximate surface area is 144 Å². The van der Waals surface area contributed by atoms with Crippen LogP contribution in [0.4, 0.5) is 0 Å². The van der Waals surface area contributed by atoms with Crippen LogP contribution in [0.15, 0.2) is 0 Å². The maximum absolute atomic E-state index is 12.8. The van der Waals surface area contributed by atoms with Crippen molar-refractivity contribution in [2.75, 3.05) is 13.1 Å². The number of carbonyl (C=O) groups excluding carboxylic acids is 1. The number of hydrogen-bond donors (Lipinski definition) is 1. The van der Waals surface area contributed by atoms with E-state index in [2.05, 4.69) is 17.2 Å². The molecule has 2 aliphatic rings. The fourth-order valence-electron chi connectivity index (χ4n) is 3.94. The van der Waals surface area contributed by atoms with Gasteiger partial charge in [-0.15, -0.1) is 17.5 Å². The molecule has 7 heteroatoms. The average Bonchev–Trinajstić information content (AvgIpc) is 2.93. The molecule has 23 heavy (non-hydrogen) atoms. The first-order valence-electron chi connectivity index (χ1n) is 8.61. The number of hydrogen-bond acceptors (Lipinski definition) is 4. The van der Waals surface area contributed by atoms with Gasteiger partial charge in [0, 0.05) is 12.6 Å². The monoisotopic (exact) mass is 341 g/mol. The second kappa shape index (κ2) is 8.11. The summed E-state index contributed by atoms with van der Waals surface area (Å²) in [7, 11) is 0. The lowest BCUT2D eigenvalue weighted by Gasteiger charge is -2.40. The molecule has 1 aromatic heterocycles. The molecule has 2 atom stereocenters. The van der Waals surface area contributed by atoms with Crippen molar-refractivity contribution in [2.45, 2.75) is 64.5 Å². The molecule has 6 nitrogen and oxygen atoms in total. The smallest absolute Gasteiger partial charge is 0.244 e. The van der Waals surface area contributed by atoms with Crippen molar-refractivity contribution < 1.29 is 4.79 Å². The number of carbonyl (C=O) groups is 1. The molecule has 1 aliphatic heterocycles. The highest BCUT2D eigenvalue weighted by atomic mass is 35.5. The molecule has 1 saturated heterocycles. The Hall–Kier alpha value is -1.14. The molecule has 3 rings (SSSR count). The summed E-state index contributed by atoms with van der Waals surface area (Å²) in [6.07, 6.45) is 7.52. The van der Waals surface area contributed by atoms with Gasteiger partial charge in [0.25, 0.3) is 0 Å². The highest BCUT2D eigenvalue weighted by molar-refractivity contribution is 5.85. The number of aromatic nitrogens is 3. The summed E-state index contributed by atoms with van der Waals surface area (Å²) in [5, 5.41) is 8.46. The molecule has 2 N–H and O–H groups in total. The number of likely N-dealkylation sites (tertiary alicyclic amines) is 1. The van der Waals surface area contributed by atoms with Crippen LogP contribution in [0, 0.1) is 5.92 Å². The van der Waals surface area contributed by atoms with Gasteiger partial charge >= 0.3 is 0 Å². The molecule has 2 heterocycles. The second-order valence-corrected chi connectivity index (χ2v) is 6.70. The van der Waals surface area contributed by atoms with Gasteiger partial charge < -0.3 is 10.6 Å². The Morgan fingerprint density at radius 3 is 2.87 bits per heavy atom. The van der Waals surface area contributed by atoms with E-state index in [1.165, 1.54) is 25.0 Å². The minimum Gasteiger partial charge on any atom is -0.338 e. The van der Waals surface area contributed by atoms with Crippen LogP contribution in [0.5, 0.6) is 0 Å². The van der Waals surface area contributed by atoms with Crippen molar-refractivity contribution in [3.8, 4) is 0 Å². The molecule has 1 aromatic rings. The third kappa shape index (κ3) is 3.86. The normalized spacial score (nSPS) is 24.0. The van der Waals surface area contributed by atoms with Gasteiger partial charge in [-0.05, 0) is 57.4 Å². The predicted molar refractivity (Wildman–Crippen MR) is 91.5 cm³/mol. The van der Waals surface area contributed by atoms with Crippen LogP contribution in [0.2, 0.25) is 0 Å². The lowest BCUT2D eigenvalue weighted by atomic mass is 9.88. The first kappa shape index (κ1) is 18.2. The SMILES string of the molecule is CC1CCCN(C(=O)Cn2nnc3c2CCCC3)C1CCN.Cl. The first-order chi connectivity index (χ1) is 10.7. The lowest BCUT2D eigenvalue weighted by molar-refractivity contribution is -0.137. The first-order valence-corrected chi connectivity index (χ1v) is 8.61. The van der Waals surface area contributed by atoms with E-state index >= 15 is 0 Å². The molecule has 1 aliphatic carbocycles. The van der Waals surface area contributed by atoms with Crippen molar-refractivity contribution in [1.82, 2.24) is 19.9 Å². The fourth-order valence-corrected chi connectivity index (χ4v) is 3.94. The number of rotatable bonds is 4. The van der Waals surface area contributed by atoms with E-state index in [1.54, 1.807) is 0 Å². The number of piperidine rings is 1. The summed E-state index contributed by atoms with van der Waals surface area (Å²) in [6.45, 7) is 4.05. The number of amides is 1. The maximum Gasteiger partial charge on any atom is 0.244 e. The van der Waals surface area contributed by atoms with Gasteiger partial charge in [0.2, 0.25) is 5.91 Å². The van der Waals surface area contributed by atoms with Crippen molar-refractivity contribution in [3.05, 3.63) is 11.4 Å². The number of nitrogens with zero attached hydrogens (tertiary/aromatic N) is 4. The molecule has 2 unspecified atom stereocenters. The number of aryl methyl sites for hydroxylation is 1. The zero-order valence-corrected chi connectivity index (χ0v) is 14.7. The van der Waals surface area contributed by atoms with Gasteiger partial charge in [-0.2, -0.15) is 0 Å². The number of fused-ring (bicyclic) bond motifs is 1. The summed E-state index contributed by atoms with van der Waals surface area (Å²) in [5.74, 6) is 0.703. The molecule has 0 radical (unpaired) electrons. The molecule has 0 spiro atoms. The van der Waals surface area contributed by atoms with Crippen molar-refractivity contribution in [1.29, 1.82) is 0 Å². The molecular formula is C16H28ClN5O. The summed E-state index contributed by atoms with van der Waals surface area (Å²) in [6, 6.07) is 0.283. The van der Waals surface area contributed by atoms with E-state index in [1.807, 2.05) is 9.58 Å². The summed E-state index contributed by atoms with van der Waals surface area (Å²) < 4.78 is 1.83. The van der Waals surface area contributed by atoms with Crippen LogP contribution < -0.4 is 5.73 Å². The van der Waals surface area contributed by atoms with Crippen LogP contribution in [0.1, 0.15) is 50.4 Å². The fraction of sp³-hybridized carbons (Fsp3) is 0.812. The van der Waals surface area contributed by atoms with E-state index in [-0.39, 0.29) is 24.4 Å². The van der Waals surface area contributed by atoms with Gasteiger partial charge in [-0.1, -0.05) is 12.1 Å². The number of nitrogens with two attached hydrogens (primary N) is 1. The number of halogens is 1. The Morgan fingerprint density at radius 1 is 1.30 bits per heavy atom. The third-order valence-corrected chi connectivity index (χ3v) is 5.18. The zero-order valence-electron chi connectivity index (χ0n) is 13.9. The standard InChI is InChI=1S/C16H27N5O.ClH/c1-12-5-4-10-20(14(12)8-9-17)16(22)11-21-15-7-3-2-6-13(15)18-19-21;/h12,14H,2-11,17H2,1H3;1H. The molecule has 1 amide bonds.